The van der Waals surface area contributed by atoms with E-state index in [1.807, 2.05) is 30.3 Å². The molecule has 0 radical (unpaired) electrons. The van der Waals surface area contributed by atoms with Gasteiger partial charge in [-0.1, -0.05) is 41.7 Å². The highest BCUT2D eigenvalue weighted by Gasteiger charge is 2.20. The average Bonchev–Trinajstić information content (AvgIpc) is 3.17. The molecule has 2 heterocycles. The van der Waals surface area contributed by atoms with Crippen LogP contribution in [0.4, 0.5) is 16.9 Å². The lowest BCUT2D eigenvalue weighted by Gasteiger charge is -2.26. The zero-order valence-corrected chi connectivity index (χ0v) is 20.4. The number of hydrogen-bond acceptors (Lipinski definition) is 7. The van der Waals surface area contributed by atoms with Gasteiger partial charge in [0.25, 0.3) is 0 Å². The van der Waals surface area contributed by atoms with Crippen molar-refractivity contribution in [1.29, 1.82) is 0 Å². The van der Waals surface area contributed by atoms with Crippen LogP contribution >= 0.6 is 33.9 Å². The van der Waals surface area contributed by atoms with Gasteiger partial charge < -0.3 is 15.7 Å². The Hall–Kier alpha value is -2.30. The van der Waals surface area contributed by atoms with E-state index in [1.165, 1.54) is 9.13 Å². The molecule has 3 N–H and O–H groups in total. The lowest BCUT2D eigenvalue weighted by molar-refractivity contribution is 0.126. The van der Waals surface area contributed by atoms with Gasteiger partial charge in [0.05, 0.1) is 22.0 Å². The summed E-state index contributed by atoms with van der Waals surface area (Å²) in [5, 5.41) is 17.5. The standard InChI is InChI=1S/C24H24IN5OS/c25-16-6-11-20-21(13-16)32-24(28-20)30-22-14-18(12-15-4-2-1-3-5-15)27-23(29-22)26-17-7-9-19(31)10-8-17/h1-6,11,13-14,17,19,31H,7-10,12H2,(H2,26,27,28,29,30). The van der Waals surface area contributed by atoms with Crippen molar-refractivity contribution < 1.29 is 5.11 Å². The molecule has 8 heteroatoms. The Morgan fingerprint density at radius 1 is 0.969 bits per heavy atom. The number of aliphatic hydroxyl groups is 1. The quantitative estimate of drug-likeness (QED) is 0.263. The van der Waals surface area contributed by atoms with E-state index in [2.05, 4.69) is 57.5 Å². The van der Waals surface area contributed by atoms with Crippen LogP contribution < -0.4 is 10.6 Å². The Labute approximate surface area is 204 Å². The summed E-state index contributed by atoms with van der Waals surface area (Å²) < 4.78 is 2.35. The predicted molar refractivity (Wildman–Crippen MR) is 139 cm³/mol. The summed E-state index contributed by atoms with van der Waals surface area (Å²) in [6, 6.07) is 18.9. The topological polar surface area (TPSA) is 83.0 Å². The molecule has 0 aliphatic heterocycles. The van der Waals surface area contributed by atoms with Gasteiger partial charge in [0.1, 0.15) is 5.82 Å². The molecule has 32 heavy (non-hydrogen) atoms. The van der Waals surface area contributed by atoms with E-state index in [0.717, 1.165) is 59.0 Å². The Morgan fingerprint density at radius 2 is 1.78 bits per heavy atom. The maximum atomic E-state index is 9.81. The summed E-state index contributed by atoms with van der Waals surface area (Å²) in [6.45, 7) is 0. The minimum Gasteiger partial charge on any atom is -0.393 e. The number of benzene rings is 2. The van der Waals surface area contributed by atoms with Gasteiger partial charge in [-0.25, -0.2) is 9.97 Å². The van der Waals surface area contributed by atoms with E-state index in [-0.39, 0.29) is 12.1 Å². The molecule has 0 saturated heterocycles. The number of thiazole rings is 1. The van der Waals surface area contributed by atoms with E-state index in [4.69, 9.17) is 15.0 Å². The zero-order chi connectivity index (χ0) is 21.9. The van der Waals surface area contributed by atoms with Gasteiger partial charge in [-0.05, 0) is 72.0 Å². The lowest BCUT2D eigenvalue weighted by Crippen LogP contribution is -2.29. The van der Waals surface area contributed by atoms with Gasteiger partial charge in [0.2, 0.25) is 5.95 Å². The number of fused-ring (bicyclic) bond motifs is 1. The highest BCUT2D eigenvalue weighted by atomic mass is 127. The molecule has 0 bridgehead atoms. The maximum Gasteiger partial charge on any atom is 0.225 e. The lowest BCUT2D eigenvalue weighted by atomic mass is 9.93. The van der Waals surface area contributed by atoms with Crippen molar-refractivity contribution >= 4 is 61.0 Å². The molecule has 0 amide bonds. The largest absolute Gasteiger partial charge is 0.393 e. The van der Waals surface area contributed by atoms with Crippen LogP contribution in [0.2, 0.25) is 0 Å². The fourth-order valence-corrected chi connectivity index (χ4v) is 5.60. The normalized spacial score (nSPS) is 18.6. The number of aliphatic hydroxyl groups excluding tert-OH is 1. The van der Waals surface area contributed by atoms with Crippen molar-refractivity contribution in [2.24, 2.45) is 0 Å². The number of nitrogens with one attached hydrogen (secondary N) is 2. The highest BCUT2D eigenvalue weighted by Crippen LogP contribution is 2.30. The first-order valence-electron chi connectivity index (χ1n) is 10.8. The molecule has 5 rings (SSSR count). The number of aromatic nitrogens is 3. The molecule has 2 aromatic heterocycles. The minimum absolute atomic E-state index is 0.183. The van der Waals surface area contributed by atoms with Crippen molar-refractivity contribution in [3.05, 3.63) is 69.4 Å². The molecular weight excluding hydrogens is 533 g/mol. The third-order valence-electron chi connectivity index (χ3n) is 5.62. The molecular formula is C24H24IN5OS. The zero-order valence-electron chi connectivity index (χ0n) is 17.5. The van der Waals surface area contributed by atoms with Gasteiger partial charge in [-0.15, -0.1) is 0 Å². The van der Waals surface area contributed by atoms with Crippen LogP contribution in [0.1, 0.15) is 36.9 Å². The monoisotopic (exact) mass is 557 g/mol. The number of halogens is 1. The number of nitrogens with zero attached hydrogens (tertiary/aromatic N) is 3. The first-order chi connectivity index (χ1) is 15.6. The molecule has 0 atom stereocenters. The fourth-order valence-electron chi connectivity index (χ4n) is 3.99. The molecule has 4 aromatic rings. The predicted octanol–water partition coefficient (Wildman–Crippen LogP) is 5.74. The van der Waals surface area contributed by atoms with Crippen molar-refractivity contribution in [2.45, 2.75) is 44.2 Å². The summed E-state index contributed by atoms with van der Waals surface area (Å²) in [5.74, 6) is 1.36. The van der Waals surface area contributed by atoms with Gasteiger partial charge >= 0.3 is 0 Å². The second-order valence-electron chi connectivity index (χ2n) is 8.14. The van der Waals surface area contributed by atoms with Crippen LogP contribution in [0.5, 0.6) is 0 Å². The van der Waals surface area contributed by atoms with E-state index in [1.54, 1.807) is 11.3 Å². The van der Waals surface area contributed by atoms with E-state index in [9.17, 15) is 5.11 Å². The van der Waals surface area contributed by atoms with Gasteiger partial charge in [-0.3, -0.25) is 0 Å². The highest BCUT2D eigenvalue weighted by molar-refractivity contribution is 14.1. The Balaban J connectivity index is 1.42. The summed E-state index contributed by atoms with van der Waals surface area (Å²) in [5.41, 5.74) is 3.14. The van der Waals surface area contributed by atoms with E-state index >= 15 is 0 Å². The van der Waals surface area contributed by atoms with Crippen LogP contribution in [-0.2, 0) is 6.42 Å². The van der Waals surface area contributed by atoms with Crippen LogP contribution in [0.3, 0.4) is 0 Å². The first kappa shape index (κ1) is 21.5. The molecule has 0 spiro atoms. The SMILES string of the molecule is OC1CCC(Nc2nc(Cc3ccccc3)cc(Nc3nc4ccc(I)cc4s3)n2)CC1. The van der Waals surface area contributed by atoms with Gasteiger partial charge in [0, 0.05) is 22.1 Å². The van der Waals surface area contributed by atoms with Crippen molar-refractivity contribution in [3.8, 4) is 0 Å². The second kappa shape index (κ2) is 9.68. The first-order valence-corrected chi connectivity index (χ1v) is 12.7. The molecule has 1 fully saturated rings. The number of hydrogen-bond donors (Lipinski definition) is 3. The van der Waals surface area contributed by atoms with Crippen molar-refractivity contribution in [2.75, 3.05) is 10.6 Å². The van der Waals surface area contributed by atoms with Crippen LogP contribution in [0.25, 0.3) is 10.2 Å². The molecule has 1 saturated carbocycles. The molecule has 1 aliphatic carbocycles. The number of rotatable bonds is 6. The van der Waals surface area contributed by atoms with Gasteiger partial charge in [0.15, 0.2) is 5.13 Å². The molecule has 1 aliphatic rings. The molecule has 164 valence electrons. The number of anilines is 3. The minimum atomic E-state index is -0.183. The van der Waals surface area contributed by atoms with Gasteiger partial charge in [-0.2, -0.15) is 4.98 Å². The third-order valence-corrected chi connectivity index (χ3v) is 7.23. The molecule has 6 nitrogen and oxygen atoms in total. The van der Waals surface area contributed by atoms with Crippen molar-refractivity contribution in [3.63, 3.8) is 0 Å². The summed E-state index contributed by atoms with van der Waals surface area (Å²) >= 11 is 3.94. The Morgan fingerprint density at radius 3 is 2.59 bits per heavy atom. The van der Waals surface area contributed by atoms with Crippen LogP contribution in [0.15, 0.2) is 54.6 Å². The van der Waals surface area contributed by atoms with Crippen LogP contribution in [-0.4, -0.2) is 32.2 Å². The molecule has 2 aromatic carbocycles. The average molecular weight is 557 g/mol. The van der Waals surface area contributed by atoms with Crippen molar-refractivity contribution in [1.82, 2.24) is 15.0 Å². The van der Waals surface area contributed by atoms with E-state index in [0.29, 0.717) is 5.95 Å². The van der Waals surface area contributed by atoms with E-state index < -0.39 is 0 Å². The molecule has 0 unspecified atom stereocenters. The Kier molecular flexibility index (Phi) is 6.52. The summed E-state index contributed by atoms with van der Waals surface area (Å²) in [4.78, 5) is 14.2. The second-order valence-corrected chi connectivity index (χ2v) is 10.4. The maximum absolute atomic E-state index is 9.81. The third kappa shape index (κ3) is 5.36. The summed E-state index contributed by atoms with van der Waals surface area (Å²) in [6.07, 6.45) is 4.03. The fraction of sp³-hybridized carbons (Fsp3) is 0.292. The summed E-state index contributed by atoms with van der Waals surface area (Å²) in [7, 11) is 0. The van der Waals surface area contributed by atoms with Crippen LogP contribution in [0, 0.1) is 3.57 Å². The smallest absolute Gasteiger partial charge is 0.225 e. The Bertz CT molecular complexity index is 1210.